The van der Waals surface area contributed by atoms with Gasteiger partial charge in [0, 0.05) is 38.9 Å². The molecule has 1 aromatic carbocycles. The number of amides is 1. The summed E-state index contributed by atoms with van der Waals surface area (Å²) < 4.78 is 2.11. The van der Waals surface area contributed by atoms with Crippen molar-refractivity contribution in [2.75, 3.05) is 26.2 Å². The summed E-state index contributed by atoms with van der Waals surface area (Å²) in [6, 6.07) is 15.6. The summed E-state index contributed by atoms with van der Waals surface area (Å²) in [5.41, 5.74) is 3.33. The van der Waals surface area contributed by atoms with Crippen LogP contribution in [0.2, 0.25) is 0 Å². The monoisotopic (exact) mass is 387 g/mol. The van der Waals surface area contributed by atoms with Crippen molar-refractivity contribution in [1.82, 2.24) is 34.2 Å². The third kappa shape index (κ3) is 3.50. The van der Waals surface area contributed by atoms with Crippen molar-refractivity contribution in [1.29, 1.82) is 0 Å². The van der Waals surface area contributed by atoms with Crippen molar-refractivity contribution in [3.05, 3.63) is 78.5 Å². The van der Waals surface area contributed by atoms with Crippen molar-refractivity contribution in [3.8, 4) is 5.69 Å². The highest BCUT2D eigenvalue weighted by molar-refractivity contribution is 5.92. The first-order valence-corrected chi connectivity index (χ1v) is 9.68. The average molecular weight is 387 g/mol. The van der Waals surface area contributed by atoms with E-state index in [4.69, 9.17) is 0 Å². The third-order valence-electron chi connectivity index (χ3n) is 5.24. The number of pyridine rings is 1. The SMILES string of the molecule is O=C(c1cnn(-c2ccccc2)n1)N1CCN(Cc2cnc3ccccn23)CC1. The molecule has 0 N–H and O–H groups in total. The first-order chi connectivity index (χ1) is 14.3. The molecule has 0 bridgehead atoms. The molecule has 4 heterocycles. The molecule has 5 rings (SSSR count). The standard InChI is InChI=1S/C21H21N7O/c29-21(19-15-23-28(24-19)17-6-2-1-3-7-17)26-12-10-25(11-13-26)16-18-14-22-20-8-4-5-9-27(18)20/h1-9,14-15H,10-13,16H2. The van der Waals surface area contributed by atoms with Gasteiger partial charge in [-0.3, -0.25) is 9.69 Å². The molecule has 3 aromatic heterocycles. The minimum Gasteiger partial charge on any atom is -0.335 e. The zero-order valence-electron chi connectivity index (χ0n) is 15.9. The summed E-state index contributed by atoms with van der Waals surface area (Å²) in [5, 5.41) is 8.59. The molecule has 8 heteroatoms. The van der Waals surface area contributed by atoms with Crippen molar-refractivity contribution in [2.24, 2.45) is 0 Å². The van der Waals surface area contributed by atoms with Gasteiger partial charge in [-0.1, -0.05) is 24.3 Å². The molecule has 1 saturated heterocycles. The molecule has 1 fully saturated rings. The van der Waals surface area contributed by atoms with Crippen LogP contribution in [-0.2, 0) is 6.54 Å². The van der Waals surface area contributed by atoms with Crippen molar-refractivity contribution in [3.63, 3.8) is 0 Å². The van der Waals surface area contributed by atoms with Gasteiger partial charge in [-0.15, -0.1) is 5.10 Å². The van der Waals surface area contributed by atoms with Gasteiger partial charge in [0.2, 0.25) is 0 Å². The molecule has 1 amide bonds. The topological polar surface area (TPSA) is 71.6 Å². The van der Waals surface area contributed by atoms with E-state index in [1.165, 1.54) is 4.80 Å². The lowest BCUT2D eigenvalue weighted by Gasteiger charge is -2.34. The Morgan fingerprint density at radius 3 is 2.55 bits per heavy atom. The number of fused-ring (bicyclic) bond motifs is 1. The predicted molar refractivity (Wildman–Crippen MR) is 108 cm³/mol. The Hall–Kier alpha value is -3.52. The van der Waals surface area contributed by atoms with Crippen LogP contribution in [0.15, 0.2) is 67.1 Å². The van der Waals surface area contributed by atoms with Crippen LogP contribution < -0.4 is 0 Å². The van der Waals surface area contributed by atoms with Crippen LogP contribution in [0.1, 0.15) is 16.2 Å². The van der Waals surface area contributed by atoms with Gasteiger partial charge in [-0.25, -0.2) is 4.98 Å². The van der Waals surface area contributed by atoms with Crippen LogP contribution in [0.25, 0.3) is 11.3 Å². The Morgan fingerprint density at radius 1 is 0.931 bits per heavy atom. The van der Waals surface area contributed by atoms with E-state index < -0.39 is 0 Å². The number of nitrogens with zero attached hydrogens (tertiary/aromatic N) is 7. The van der Waals surface area contributed by atoms with Gasteiger partial charge in [-0.05, 0) is 24.3 Å². The molecule has 29 heavy (non-hydrogen) atoms. The second-order valence-corrected chi connectivity index (χ2v) is 7.10. The molecule has 1 aliphatic rings. The van der Waals surface area contributed by atoms with Crippen LogP contribution in [0.4, 0.5) is 0 Å². The molecule has 8 nitrogen and oxygen atoms in total. The number of para-hydroxylation sites is 1. The Labute approximate surface area is 168 Å². The number of carbonyl (C=O) groups excluding carboxylic acids is 1. The molecule has 0 spiro atoms. The number of benzene rings is 1. The fourth-order valence-corrected chi connectivity index (χ4v) is 3.65. The second-order valence-electron chi connectivity index (χ2n) is 7.10. The first kappa shape index (κ1) is 17.6. The Bertz CT molecular complexity index is 1130. The number of carbonyl (C=O) groups is 1. The molecular weight excluding hydrogens is 366 g/mol. The largest absolute Gasteiger partial charge is 0.335 e. The molecule has 0 unspecified atom stereocenters. The quantitative estimate of drug-likeness (QED) is 0.535. The lowest BCUT2D eigenvalue weighted by molar-refractivity contribution is 0.0620. The van der Waals surface area contributed by atoms with E-state index in [2.05, 4.69) is 24.5 Å². The highest BCUT2D eigenvalue weighted by Gasteiger charge is 2.24. The molecule has 4 aromatic rings. The minimum atomic E-state index is -0.0679. The fourth-order valence-electron chi connectivity index (χ4n) is 3.65. The van der Waals surface area contributed by atoms with E-state index in [0.29, 0.717) is 18.8 Å². The smallest absolute Gasteiger partial charge is 0.276 e. The second kappa shape index (κ2) is 7.48. The minimum absolute atomic E-state index is 0.0679. The number of rotatable bonds is 4. The zero-order valence-corrected chi connectivity index (χ0v) is 15.9. The maximum Gasteiger partial charge on any atom is 0.276 e. The van der Waals surface area contributed by atoms with E-state index in [9.17, 15) is 4.79 Å². The maximum absolute atomic E-state index is 12.8. The summed E-state index contributed by atoms with van der Waals surface area (Å²) >= 11 is 0. The third-order valence-corrected chi connectivity index (χ3v) is 5.24. The average Bonchev–Trinajstić information content (AvgIpc) is 3.43. The maximum atomic E-state index is 12.8. The first-order valence-electron chi connectivity index (χ1n) is 9.68. The number of piperazine rings is 1. The number of aromatic nitrogens is 5. The van der Waals surface area contributed by atoms with Gasteiger partial charge in [0.05, 0.1) is 23.8 Å². The lowest BCUT2D eigenvalue weighted by atomic mass is 10.2. The molecular formula is C21H21N7O. The molecule has 0 saturated carbocycles. The van der Waals surface area contributed by atoms with Crippen LogP contribution in [0.3, 0.4) is 0 Å². The predicted octanol–water partition coefficient (Wildman–Crippen LogP) is 1.87. The Morgan fingerprint density at radius 2 is 1.72 bits per heavy atom. The van der Waals surface area contributed by atoms with E-state index in [0.717, 1.165) is 36.7 Å². The lowest BCUT2D eigenvalue weighted by Crippen LogP contribution is -2.48. The van der Waals surface area contributed by atoms with Gasteiger partial charge in [0.15, 0.2) is 5.69 Å². The van der Waals surface area contributed by atoms with E-state index in [-0.39, 0.29) is 5.91 Å². The van der Waals surface area contributed by atoms with E-state index in [1.54, 1.807) is 6.20 Å². The highest BCUT2D eigenvalue weighted by atomic mass is 16.2. The van der Waals surface area contributed by atoms with Gasteiger partial charge in [0.25, 0.3) is 5.91 Å². The number of hydrogen-bond acceptors (Lipinski definition) is 5. The molecule has 146 valence electrons. The van der Waals surface area contributed by atoms with E-state index >= 15 is 0 Å². The number of hydrogen-bond donors (Lipinski definition) is 0. The molecule has 1 aliphatic heterocycles. The Kier molecular flexibility index (Phi) is 4.53. The van der Waals surface area contributed by atoms with Crippen molar-refractivity contribution >= 4 is 11.6 Å². The van der Waals surface area contributed by atoms with Crippen molar-refractivity contribution in [2.45, 2.75) is 6.54 Å². The summed E-state index contributed by atoms with van der Waals surface area (Å²) in [6.07, 6.45) is 5.50. The van der Waals surface area contributed by atoms with Crippen LogP contribution >= 0.6 is 0 Å². The molecule has 0 atom stereocenters. The summed E-state index contributed by atoms with van der Waals surface area (Å²) in [5.74, 6) is -0.0679. The van der Waals surface area contributed by atoms with Crippen LogP contribution in [-0.4, -0.2) is 66.3 Å². The van der Waals surface area contributed by atoms with Crippen LogP contribution in [0, 0.1) is 0 Å². The summed E-state index contributed by atoms with van der Waals surface area (Å²) in [6.45, 7) is 3.80. The van der Waals surface area contributed by atoms with Gasteiger partial charge >= 0.3 is 0 Å². The normalized spacial score (nSPS) is 15.1. The molecule has 0 aliphatic carbocycles. The van der Waals surface area contributed by atoms with Gasteiger partial charge in [0.1, 0.15) is 5.65 Å². The van der Waals surface area contributed by atoms with Gasteiger partial charge < -0.3 is 9.30 Å². The summed E-state index contributed by atoms with van der Waals surface area (Å²) in [4.78, 5) is 23.0. The number of imidazole rings is 1. The van der Waals surface area contributed by atoms with Crippen LogP contribution in [0.5, 0.6) is 0 Å². The fraction of sp³-hybridized carbons (Fsp3) is 0.238. The van der Waals surface area contributed by atoms with E-state index in [1.807, 2.05) is 65.8 Å². The Balaban J connectivity index is 1.22. The summed E-state index contributed by atoms with van der Waals surface area (Å²) in [7, 11) is 0. The molecule has 0 radical (unpaired) electrons. The zero-order chi connectivity index (χ0) is 19.6. The van der Waals surface area contributed by atoms with Gasteiger partial charge in [-0.2, -0.15) is 9.90 Å². The van der Waals surface area contributed by atoms with Crippen molar-refractivity contribution < 1.29 is 4.79 Å². The highest BCUT2D eigenvalue weighted by Crippen LogP contribution is 2.13.